The maximum absolute atomic E-state index is 12.6. The third-order valence-electron chi connectivity index (χ3n) is 5.97. The Morgan fingerprint density at radius 3 is 2.47 bits per heavy atom. The van der Waals surface area contributed by atoms with Crippen molar-refractivity contribution in [2.24, 2.45) is 0 Å². The highest BCUT2D eigenvalue weighted by Gasteiger charge is 2.46. The van der Waals surface area contributed by atoms with E-state index in [4.69, 9.17) is 0 Å². The van der Waals surface area contributed by atoms with Gasteiger partial charge in [0.25, 0.3) is 0 Å². The number of allylic oxidation sites excluding steroid dienone is 4. The van der Waals surface area contributed by atoms with Crippen LogP contribution >= 0.6 is 20.0 Å². The molecule has 1 atom stereocenters. The molecule has 4 rings (SSSR count). The number of nitrogens with zero attached hydrogens (tertiary/aromatic N) is 2. The van der Waals surface area contributed by atoms with E-state index in [-0.39, 0.29) is 31.2 Å². The zero-order chi connectivity index (χ0) is 22.6. The van der Waals surface area contributed by atoms with Crippen LogP contribution in [0.3, 0.4) is 0 Å². The Balaban J connectivity index is 0.00000204. The second-order valence-electron chi connectivity index (χ2n) is 8.25. The zero-order valence-corrected chi connectivity index (χ0v) is 21.4. The van der Waals surface area contributed by atoms with E-state index in [2.05, 4.69) is 24.0 Å². The van der Waals surface area contributed by atoms with Gasteiger partial charge in [-0.25, -0.2) is 0 Å². The highest BCUT2D eigenvalue weighted by Crippen LogP contribution is 2.56. The Morgan fingerprint density at radius 2 is 1.82 bits per heavy atom. The fourth-order valence-corrected chi connectivity index (χ4v) is 5.22. The lowest BCUT2D eigenvalue weighted by molar-refractivity contribution is -0.604. The minimum Gasteiger partial charge on any atom is -1.00 e. The van der Waals surface area contributed by atoms with Crippen molar-refractivity contribution in [3.05, 3.63) is 103 Å². The minimum atomic E-state index is -4.42. The van der Waals surface area contributed by atoms with Crippen LogP contribution in [-0.4, -0.2) is 19.9 Å². The lowest BCUT2D eigenvalue weighted by atomic mass is 9.92. The molecule has 1 aromatic carbocycles. The van der Waals surface area contributed by atoms with Crippen molar-refractivity contribution in [2.45, 2.75) is 37.8 Å². The van der Waals surface area contributed by atoms with Gasteiger partial charge in [0.05, 0.1) is 6.42 Å². The number of hydrogen-bond donors (Lipinski definition) is 2. The molecule has 34 heavy (non-hydrogen) atoms. The van der Waals surface area contributed by atoms with Crippen LogP contribution in [0.2, 0.25) is 0 Å². The van der Waals surface area contributed by atoms with Crippen molar-refractivity contribution in [3.8, 4) is 16.8 Å². The first-order chi connectivity index (χ1) is 15.4. The fraction of sp³-hybridized carbons (Fsp3) is 0.231. The largest absolute Gasteiger partial charge is 1.00 e. The molecule has 1 aliphatic carbocycles. The molecule has 0 amide bonds. The molecule has 0 saturated carbocycles. The predicted molar refractivity (Wildman–Crippen MR) is 134 cm³/mol. The van der Waals surface area contributed by atoms with Gasteiger partial charge in [-0.2, -0.15) is 4.57 Å². The quantitative estimate of drug-likeness (QED) is 0.372. The van der Waals surface area contributed by atoms with Crippen LogP contribution in [0.1, 0.15) is 31.0 Å². The molecule has 0 aliphatic heterocycles. The van der Waals surface area contributed by atoms with Crippen LogP contribution in [0.5, 0.6) is 0 Å². The molecule has 3 aromatic rings. The summed E-state index contributed by atoms with van der Waals surface area (Å²) in [6.07, 6.45) is 15.1. The smallest absolute Gasteiger partial charge is 0.336 e. The molecule has 0 saturated heterocycles. The van der Waals surface area contributed by atoms with Crippen molar-refractivity contribution in [2.75, 3.05) is 0 Å². The van der Waals surface area contributed by atoms with Gasteiger partial charge in [-0.1, -0.05) is 49.8 Å². The van der Waals surface area contributed by atoms with Gasteiger partial charge >= 0.3 is 7.60 Å². The van der Waals surface area contributed by atoms with Gasteiger partial charge in [0, 0.05) is 36.7 Å². The highest BCUT2D eigenvalue weighted by molar-refractivity contribution is 7.53. The van der Waals surface area contributed by atoms with Crippen molar-refractivity contribution >= 4 is 20.0 Å². The van der Waals surface area contributed by atoms with E-state index in [9.17, 15) is 14.4 Å². The van der Waals surface area contributed by atoms with E-state index in [0.29, 0.717) is 6.42 Å². The van der Waals surface area contributed by atoms with Gasteiger partial charge in [-0.05, 0) is 41.7 Å². The van der Waals surface area contributed by atoms with Crippen molar-refractivity contribution in [1.82, 2.24) is 4.98 Å². The van der Waals surface area contributed by atoms with E-state index >= 15 is 0 Å². The number of hydrogen-bond acceptors (Lipinski definition) is 2. The molecule has 180 valence electrons. The molecule has 1 unspecified atom stereocenters. The molecule has 0 radical (unpaired) electrons. The topological polar surface area (TPSA) is 74.3 Å². The number of aryl methyl sites for hydroxylation is 1. The Kier molecular flexibility index (Phi) is 9.81. The van der Waals surface area contributed by atoms with Crippen molar-refractivity contribution in [3.63, 3.8) is 0 Å². The highest BCUT2D eigenvalue weighted by atomic mass is 35.5. The zero-order valence-electron chi connectivity index (χ0n) is 18.9. The number of pyridine rings is 2. The molecule has 8 heteroatoms. The summed E-state index contributed by atoms with van der Waals surface area (Å²) in [5.74, 6) is 0. The number of halogens is 2. The summed E-state index contributed by atoms with van der Waals surface area (Å²) >= 11 is 0. The molecule has 2 heterocycles. The molecule has 0 spiro atoms. The predicted octanol–water partition coefficient (Wildman–Crippen LogP) is 2.38. The summed E-state index contributed by atoms with van der Waals surface area (Å²) in [6.45, 7) is 2.15. The van der Waals surface area contributed by atoms with E-state index in [1.807, 2.05) is 59.3 Å². The molecule has 0 fully saturated rings. The van der Waals surface area contributed by atoms with Crippen molar-refractivity contribution in [1.29, 1.82) is 0 Å². The number of aromatic nitrogens is 2. The second kappa shape index (κ2) is 11.9. The first-order valence-electron chi connectivity index (χ1n) is 10.9. The van der Waals surface area contributed by atoms with Gasteiger partial charge in [0.1, 0.15) is 5.16 Å². The molecule has 2 aromatic heterocycles. The van der Waals surface area contributed by atoms with Gasteiger partial charge in [0.2, 0.25) is 5.69 Å². The monoisotopic (exact) mass is 518 g/mol. The average molecular weight is 519 g/mol. The van der Waals surface area contributed by atoms with E-state index in [0.717, 1.165) is 35.3 Å². The molecule has 5 nitrogen and oxygen atoms in total. The Bertz CT molecular complexity index is 1210. The van der Waals surface area contributed by atoms with Crippen LogP contribution in [0.4, 0.5) is 0 Å². The first kappa shape index (κ1) is 28.0. The van der Waals surface area contributed by atoms with Crippen LogP contribution in [-0.2, 0) is 17.4 Å². The Morgan fingerprint density at radius 1 is 1.06 bits per heavy atom. The molecule has 2 N–H and O–H groups in total. The van der Waals surface area contributed by atoms with Crippen molar-refractivity contribution < 1.29 is 31.3 Å². The molecular weight excluding hydrogens is 490 g/mol. The summed E-state index contributed by atoms with van der Waals surface area (Å²) in [5.41, 5.74) is 5.07. The molecule has 1 aliphatic rings. The fourth-order valence-electron chi connectivity index (χ4n) is 4.23. The SMILES string of the molecule is CCCc1cccc(-[n+]2ccc(-c3ccncc3)cc2CC2(P(=O)(O)O)C=CC=CC2)c1.Cl.[Cl-]. The molecular formula is C26H29Cl2N2O3P. The lowest BCUT2D eigenvalue weighted by Gasteiger charge is -2.31. The minimum absolute atomic E-state index is 0. The summed E-state index contributed by atoms with van der Waals surface area (Å²) in [6, 6.07) is 16.3. The maximum Gasteiger partial charge on any atom is 0.336 e. The van der Waals surface area contributed by atoms with Gasteiger partial charge in [-0.3, -0.25) is 9.55 Å². The maximum atomic E-state index is 12.6. The van der Waals surface area contributed by atoms with Gasteiger partial charge in [0.15, 0.2) is 11.9 Å². The number of rotatable bonds is 7. The van der Waals surface area contributed by atoms with E-state index in [1.54, 1.807) is 24.5 Å². The third kappa shape index (κ3) is 6.04. The van der Waals surface area contributed by atoms with Gasteiger partial charge in [-0.15, -0.1) is 12.4 Å². The Labute approximate surface area is 213 Å². The first-order valence-corrected chi connectivity index (χ1v) is 12.5. The average Bonchev–Trinajstić information content (AvgIpc) is 2.80. The summed E-state index contributed by atoms with van der Waals surface area (Å²) in [5, 5.41) is -1.26. The standard InChI is InChI=1S/C26H27N2O3P.2ClH/c1-2-7-21-8-6-9-24(18-21)28-17-12-23(22-10-15-27-16-11-22)19-25(28)20-26(32(29,30)31)13-4-3-5-14-26;;/h3-6,8-13,15-19H,2,7,14,20H2,1H3,(H-,29,30,31);2*1H. The summed E-state index contributed by atoms with van der Waals surface area (Å²) < 4.78 is 14.7. The summed E-state index contributed by atoms with van der Waals surface area (Å²) in [4.78, 5) is 24.7. The van der Waals surface area contributed by atoms with Crippen LogP contribution in [0.25, 0.3) is 16.8 Å². The normalized spacial score (nSPS) is 17.0. The van der Waals surface area contributed by atoms with Crippen LogP contribution in [0, 0.1) is 0 Å². The summed E-state index contributed by atoms with van der Waals surface area (Å²) in [7, 11) is -4.42. The third-order valence-corrected chi connectivity index (χ3v) is 7.62. The molecule has 0 bridgehead atoms. The second-order valence-corrected chi connectivity index (χ2v) is 10.2. The number of benzene rings is 1. The van der Waals surface area contributed by atoms with E-state index in [1.165, 1.54) is 5.56 Å². The van der Waals surface area contributed by atoms with E-state index < -0.39 is 12.8 Å². The van der Waals surface area contributed by atoms with Crippen LogP contribution < -0.4 is 17.0 Å². The lowest BCUT2D eigenvalue weighted by Crippen LogP contribution is -3.00. The Hall–Kier alpha value is -2.27. The van der Waals surface area contributed by atoms with Gasteiger partial charge < -0.3 is 22.2 Å². The van der Waals surface area contributed by atoms with Crippen LogP contribution in [0.15, 0.2) is 91.4 Å².